The largest absolute Gasteiger partial charge is 0.479 e. The molecule has 4 aromatic rings. The number of aryl methyl sites for hydroxylation is 1. The fourth-order valence-electron chi connectivity index (χ4n) is 3.94. The smallest absolute Gasteiger partial charge is 0.341 e. The quantitative estimate of drug-likeness (QED) is 0.307. The first-order valence-corrected chi connectivity index (χ1v) is 11.9. The van der Waals surface area contributed by atoms with Crippen LogP contribution >= 0.6 is 11.8 Å². The van der Waals surface area contributed by atoms with Gasteiger partial charge >= 0.3 is 5.97 Å². The molecule has 0 bridgehead atoms. The highest BCUT2D eigenvalue weighted by Gasteiger charge is 2.19. The van der Waals surface area contributed by atoms with Gasteiger partial charge in [0.15, 0.2) is 17.9 Å². The van der Waals surface area contributed by atoms with Crippen molar-refractivity contribution in [2.45, 2.75) is 18.1 Å². The number of carboxylic acid groups (broad SMARTS) is 1. The number of benzene rings is 3. The molecule has 0 aliphatic rings. The number of carbonyl (C=O) groups is 1. The molecule has 2 N–H and O–H groups in total. The molecule has 4 rings (SSSR count). The van der Waals surface area contributed by atoms with Gasteiger partial charge in [-0.1, -0.05) is 72.8 Å². The summed E-state index contributed by atoms with van der Waals surface area (Å²) in [5.41, 5.74) is 4.08. The number of fused-ring (bicyclic) bond motifs is 1. The van der Waals surface area contributed by atoms with Gasteiger partial charge in [-0.15, -0.1) is 11.8 Å². The number of rotatable bonds is 11. The van der Waals surface area contributed by atoms with E-state index >= 15 is 0 Å². The number of aliphatic hydroxyl groups excluding tert-OH is 1. The lowest BCUT2D eigenvalue weighted by Gasteiger charge is -2.18. The van der Waals surface area contributed by atoms with E-state index in [1.165, 1.54) is 11.1 Å². The van der Waals surface area contributed by atoms with E-state index in [0.717, 1.165) is 28.9 Å². The maximum Gasteiger partial charge on any atom is 0.341 e. The predicted octanol–water partition coefficient (Wildman–Crippen LogP) is 5.50. The van der Waals surface area contributed by atoms with Gasteiger partial charge in [-0.25, -0.2) is 4.79 Å². The first-order chi connectivity index (χ1) is 16.2. The van der Waals surface area contributed by atoms with Crippen molar-refractivity contribution in [2.75, 3.05) is 19.0 Å². The Kier molecular flexibility index (Phi) is 7.70. The highest BCUT2D eigenvalue weighted by atomic mass is 32.2. The molecule has 1 aromatic heterocycles. The van der Waals surface area contributed by atoms with Crippen molar-refractivity contribution in [1.29, 1.82) is 0 Å². The number of para-hydroxylation sites is 1. The molecule has 0 amide bonds. The Morgan fingerprint density at radius 3 is 2.18 bits per heavy atom. The molecule has 0 fully saturated rings. The monoisotopic (exact) mass is 462 g/mol. The number of ether oxygens (including phenoxy) is 1. The number of aliphatic hydroxyl groups is 1. The zero-order valence-corrected chi connectivity index (χ0v) is 19.0. The highest BCUT2D eigenvalue weighted by Crippen LogP contribution is 2.38. The highest BCUT2D eigenvalue weighted by molar-refractivity contribution is 7.99. The lowest BCUT2D eigenvalue weighted by molar-refractivity contribution is -0.139. The molecule has 0 aliphatic carbocycles. The third-order valence-electron chi connectivity index (χ3n) is 5.40. The van der Waals surface area contributed by atoms with Crippen LogP contribution < -0.4 is 4.74 Å². The van der Waals surface area contributed by atoms with Crippen molar-refractivity contribution < 1.29 is 24.2 Å². The van der Waals surface area contributed by atoms with Crippen molar-refractivity contribution >= 4 is 28.7 Å². The molecule has 3 aromatic carbocycles. The Hall–Kier alpha value is -3.22. The number of thioether (sulfide) groups is 1. The summed E-state index contributed by atoms with van der Waals surface area (Å²) in [6, 6.07) is 26.4. The van der Waals surface area contributed by atoms with Crippen LogP contribution in [0.25, 0.3) is 11.0 Å². The van der Waals surface area contributed by atoms with Crippen LogP contribution in [0.1, 0.15) is 27.7 Å². The lowest BCUT2D eigenvalue weighted by Crippen LogP contribution is -2.09. The van der Waals surface area contributed by atoms with Gasteiger partial charge in [0.25, 0.3) is 0 Å². The second-order valence-electron chi connectivity index (χ2n) is 7.61. The Morgan fingerprint density at radius 1 is 0.909 bits per heavy atom. The van der Waals surface area contributed by atoms with Crippen molar-refractivity contribution in [2.24, 2.45) is 0 Å². The molecule has 1 heterocycles. The normalized spacial score (nSPS) is 11.2. The van der Waals surface area contributed by atoms with Crippen LogP contribution in [0.3, 0.4) is 0 Å². The topological polar surface area (TPSA) is 79.9 Å². The molecule has 0 unspecified atom stereocenters. The summed E-state index contributed by atoms with van der Waals surface area (Å²) in [5, 5.41) is 19.6. The Bertz CT molecular complexity index is 1150. The molecule has 33 heavy (non-hydrogen) atoms. The molecular formula is C27H26O5S. The molecule has 5 nitrogen and oxygen atoms in total. The third-order valence-corrected chi connectivity index (χ3v) is 6.71. The molecule has 0 atom stereocenters. The van der Waals surface area contributed by atoms with Gasteiger partial charge in [-0.2, -0.15) is 0 Å². The Balaban J connectivity index is 1.58. The van der Waals surface area contributed by atoms with Crippen LogP contribution in [0.4, 0.5) is 0 Å². The molecule has 0 spiro atoms. The number of furan rings is 1. The molecular weight excluding hydrogens is 436 g/mol. The van der Waals surface area contributed by atoms with Gasteiger partial charge in [0.2, 0.25) is 0 Å². The number of carboxylic acids is 1. The summed E-state index contributed by atoms with van der Waals surface area (Å²) in [7, 11) is 0. The molecule has 170 valence electrons. The van der Waals surface area contributed by atoms with Crippen LogP contribution in [-0.2, 0) is 17.6 Å². The predicted molar refractivity (Wildman–Crippen MR) is 131 cm³/mol. The molecule has 0 radical (unpaired) electrons. The van der Waals surface area contributed by atoms with E-state index in [9.17, 15) is 9.90 Å². The summed E-state index contributed by atoms with van der Waals surface area (Å²) >= 11 is 1.87. The van der Waals surface area contributed by atoms with Crippen LogP contribution in [0, 0.1) is 0 Å². The first kappa shape index (κ1) is 23.0. The zero-order valence-electron chi connectivity index (χ0n) is 18.1. The Labute approximate surface area is 197 Å². The van der Waals surface area contributed by atoms with Crippen LogP contribution in [-0.4, -0.2) is 35.1 Å². The van der Waals surface area contributed by atoms with Gasteiger partial charge in [0.05, 0.1) is 11.9 Å². The fraction of sp³-hybridized carbons (Fsp3) is 0.222. The van der Waals surface area contributed by atoms with E-state index in [1.54, 1.807) is 6.07 Å². The average Bonchev–Trinajstić information content (AvgIpc) is 3.19. The minimum absolute atomic E-state index is 0.0259. The van der Waals surface area contributed by atoms with Crippen molar-refractivity contribution in [3.05, 3.63) is 101 Å². The maximum absolute atomic E-state index is 10.9. The van der Waals surface area contributed by atoms with E-state index in [1.807, 2.05) is 36.0 Å². The van der Waals surface area contributed by atoms with E-state index in [2.05, 4.69) is 48.5 Å². The minimum atomic E-state index is -1.04. The zero-order chi connectivity index (χ0) is 23.0. The third kappa shape index (κ3) is 5.59. The molecule has 0 saturated heterocycles. The van der Waals surface area contributed by atoms with Crippen molar-refractivity contribution in [3.8, 4) is 5.75 Å². The summed E-state index contributed by atoms with van der Waals surface area (Å²) in [4.78, 5) is 10.9. The van der Waals surface area contributed by atoms with Gasteiger partial charge in [0, 0.05) is 17.4 Å². The molecule has 6 heteroatoms. The van der Waals surface area contributed by atoms with E-state index in [0.29, 0.717) is 17.8 Å². The van der Waals surface area contributed by atoms with E-state index < -0.39 is 12.6 Å². The second-order valence-corrected chi connectivity index (χ2v) is 8.83. The first-order valence-electron chi connectivity index (χ1n) is 10.9. The Morgan fingerprint density at radius 2 is 1.58 bits per heavy atom. The SMILES string of the molecule is O=C(O)COc1cccc2c(CCSC(c3ccccc3)c3ccccc3)c(CCO)oc12. The van der Waals surface area contributed by atoms with Crippen LogP contribution in [0.5, 0.6) is 5.75 Å². The van der Waals surface area contributed by atoms with E-state index in [-0.39, 0.29) is 11.9 Å². The maximum atomic E-state index is 10.9. The number of aliphatic carboxylic acids is 1. The average molecular weight is 463 g/mol. The molecule has 0 saturated carbocycles. The van der Waals surface area contributed by atoms with E-state index in [4.69, 9.17) is 14.3 Å². The van der Waals surface area contributed by atoms with Gasteiger partial charge in [-0.3, -0.25) is 0 Å². The van der Waals surface area contributed by atoms with Gasteiger partial charge in [0.1, 0.15) is 5.76 Å². The minimum Gasteiger partial charge on any atom is -0.479 e. The summed E-state index contributed by atoms with van der Waals surface area (Å²) in [6.45, 7) is -0.460. The fourth-order valence-corrected chi connectivity index (χ4v) is 5.20. The lowest BCUT2D eigenvalue weighted by atomic mass is 10.0. The van der Waals surface area contributed by atoms with Gasteiger partial charge < -0.3 is 19.4 Å². The summed E-state index contributed by atoms with van der Waals surface area (Å²) < 4.78 is 11.5. The van der Waals surface area contributed by atoms with Crippen molar-refractivity contribution in [3.63, 3.8) is 0 Å². The second kappa shape index (κ2) is 11.1. The van der Waals surface area contributed by atoms with Gasteiger partial charge in [-0.05, 0) is 29.4 Å². The molecule has 0 aliphatic heterocycles. The van der Waals surface area contributed by atoms with Crippen LogP contribution in [0.15, 0.2) is 83.3 Å². The van der Waals surface area contributed by atoms with Crippen LogP contribution in [0.2, 0.25) is 0 Å². The van der Waals surface area contributed by atoms with Crippen molar-refractivity contribution in [1.82, 2.24) is 0 Å². The standard InChI is InChI=1S/C27H26O5S/c28-16-14-23-21(22-12-7-13-24(26(22)32-23)31-18-25(29)30)15-17-33-27(19-8-3-1-4-9-19)20-10-5-2-6-11-20/h1-13,27-28H,14-18H2,(H,29,30). The summed E-state index contributed by atoms with van der Waals surface area (Å²) in [6.07, 6.45) is 1.15. The summed E-state index contributed by atoms with van der Waals surface area (Å²) in [5.74, 6) is 0.926. The number of hydrogen-bond donors (Lipinski definition) is 2. The number of hydrogen-bond acceptors (Lipinski definition) is 5.